The van der Waals surface area contributed by atoms with Crippen LogP contribution in [0.4, 0.5) is 11.6 Å². The molecule has 1 aliphatic carbocycles. The average Bonchev–Trinajstić information content (AvgIpc) is 3.45. The van der Waals surface area contributed by atoms with Crippen molar-refractivity contribution in [2.45, 2.75) is 18.8 Å². The molecule has 1 N–H and O–H groups in total. The summed E-state index contributed by atoms with van der Waals surface area (Å²) < 4.78 is 1.87. The van der Waals surface area contributed by atoms with Crippen molar-refractivity contribution in [2.24, 2.45) is 5.92 Å². The first-order valence-corrected chi connectivity index (χ1v) is 9.85. The zero-order valence-corrected chi connectivity index (χ0v) is 16.5. The van der Waals surface area contributed by atoms with Gasteiger partial charge in [-0.3, -0.25) is 4.79 Å². The average molecular weight is 393 g/mol. The summed E-state index contributed by atoms with van der Waals surface area (Å²) in [5, 5.41) is 24.2. The summed E-state index contributed by atoms with van der Waals surface area (Å²) in [6, 6.07) is 7.43. The quantitative estimate of drug-likeness (QED) is 0.653. The number of hydrogen-bond acceptors (Lipinski definition) is 8. The van der Waals surface area contributed by atoms with Crippen LogP contribution in [0.3, 0.4) is 0 Å². The van der Waals surface area contributed by atoms with Gasteiger partial charge < -0.3 is 15.1 Å². The summed E-state index contributed by atoms with van der Waals surface area (Å²) in [5.41, 5.74) is 1.13. The molecule has 150 valence electrons. The highest BCUT2D eigenvalue weighted by Gasteiger charge is 2.31. The lowest BCUT2D eigenvalue weighted by atomic mass is 10.0. The molecule has 1 saturated heterocycles. The predicted molar refractivity (Wildman–Crippen MR) is 107 cm³/mol. The first-order valence-electron chi connectivity index (χ1n) is 9.85. The number of carbonyl (C=O) groups is 1. The Bertz CT molecular complexity index is 1040. The van der Waals surface area contributed by atoms with E-state index in [0.717, 1.165) is 36.2 Å². The van der Waals surface area contributed by atoms with Crippen LogP contribution >= 0.6 is 0 Å². The highest BCUT2D eigenvalue weighted by atomic mass is 16.1. The fraction of sp³-hybridized carbons (Fsp3) is 0.474. The zero-order chi connectivity index (χ0) is 20.0. The molecule has 3 aromatic rings. The van der Waals surface area contributed by atoms with E-state index < -0.39 is 0 Å². The molecular weight excluding hydrogens is 370 g/mol. The van der Waals surface area contributed by atoms with E-state index in [2.05, 4.69) is 30.6 Å². The zero-order valence-electron chi connectivity index (χ0n) is 16.5. The fourth-order valence-electron chi connectivity index (χ4n) is 3.46. The van der Waals surface area contributed by atoms with Crippen molar-refractivity contribution in [3.05, 3.63) is 35.8 Å². The summed E-state index contributed by atoms with van der Waals surface area (Å²) in [5.74, 6) is 3.30. The predicted octanol–water partition coefficient (Wildman–Crippen LogP) is 0.724. The Morgan fingerprint density at radius 1 is 1.10 bits per heavy atom. The van der Waals surface area contributed by atoms with Gasteiger partial charge in [-0.15, -0.1) is 25.5 Å². The molecule has 0 spiro atoms. The van der Waals surface area contributed by atoms with E-state index in [0.29, 0.717) is 24.1 Å². The van der Waals surface area contributed by atoms with Gasteiger partial charge in [0.15, 0.2) is 23.0 Å². The molecule has 0 unspecified atom stereocenters. The molecule has 0 radical (unpaired) electrons. The lowest BCUT2D eigenvalue weighted by Crippen LogP contribution is -2.52. The smallest absolute Gasteiger partial charge is 0.271 e. The lowest BCUT2D eigenvalue weighted by Gasteiger charge is -2.40. The van der Waals surface area contributed by atoms with Crippen LogP contribution in [0, 0.1) is 5.92 Å². The molecule has 0 atom stereocenters. The van der Waals surface area contributed by atoms with Gasteiger partial charge in [-0.25, -0.2) is 0 Å². The molecule has 5 rings (SSSR count). The number of amides is 1. The van der Waals surface area contributed by atoms with E-state index in [-0.39, 0.29) is 5.91 Å². The van der Waals surface area contributed by atoms with Crippen molar-refractivity contribution in [2.75, 3.05) is 43.5 Å². The molecule has 4 heterocycles. The monoisotopic (exact) mass is 393 g/mol. The minimum atomic E-state index is -0.195. The van der Waals surface area contributed by atoms with Crippen molar-refractivity contribution in [1.29, 1.82) is 0 Å². The van der Waals surface area contributed by atoms with Gasteiger partial charge >= 0.3 is 0 Å². The van der Waals surface area contributed by atoms with Crippen LogP contribution in [0.5, 0.6) is 0 Å². The summed E-state index contributed by atoms with van der Waals surface area (Å²) in [4.78, 5) is 16.3. The van der Waals surface area contributed by atoms with E-state index >= 15 is 0 Å². The third-order valence-corrected chi connectivity index (χ3v) is 5.39. The summed E-state index contributed by atoms with van der Waals surface area (Å²) in [7, 11) is 3.77. The lowest BCUT2D eigenvalue weighted by molar-refractivity contribution is 0.0938. The number of nitrogens with one attached hydrogen (secondary N) is 1. The topological polar surface area (TPSA) is 104 Å². The second-order valence-corrected chi connectivity index (χ2v) is 7.95. The molecule has 2 aliphatic rings. The molecular formula is C19H23N9O. The number of fused-ring (bicyclic) bond motifs is 1. The van der Waals surface area contributed by atoms with Gasteiger partial charge in [0, 0.05) is 45.6 Å². The van der Waals surface area contributed by atoms with Gasteiger partial charge in [0.1, 0.15) is 5.82 Å². The van der Waals surface area contributed by atoms with Crippen molar-refractivity contribution in [3.8, 4) is 0 Å². The Hall–Kier alpha value is -3.30. The molecule has 2 fully saturated rings. The van der Waals surface area contributed by atoms with Gasteiger partial charge in [0.2, 0.25) is 0 Å². The number of anilines is 2. The molecule has 0 bridgehead atoms. The maximum Gasteiger partial charge on any atom is 0.271 e. The van der Waals surface area contributed by atoms with Crippen LogP contribution in [0.25, 0.3) is 5.65 Å². The second kappa shape index (κ2) is 6.94. The summed E-state index contributed by atoms with van der Waals surface area (Å²) >= 11 is 0. The van der Waals surface area contributed by atoms with Gasteiger partial charge in [0.05, 0.1) is 0 Å². The van der Waals surface area contributed by atoms with Gasteiger partial charge in [0.25, 0.3) is 5.91 Å². The van der Waals surface area contributed by atoms with Gasteiger partial charge in [-0.2, -0.15) is 4.52 Å². The number of aromatic nitrogens is 6. The third-order valence-electron chi connectivity index (χ3n) is 5.39. The first kappa shape index (κ1) is 17.8. The number of rotatable bonds is 6. The Kier molecular flexibility index (Phi) is 4.26. The maximum atomic E-state index is 12.3. The maximum absolute atomic E-state index is 12.3. The Labute approximate surface area is 167 Å². The molecule has 10 heteroatoms. The van der Waals surface area contributed by atoms with E-state index in [1.165, 1.54) is 12.8 Å². The summed E-state index contributed by atoms with van der Waals surface area (Å²) in [6.07, 6.45) is 2.33. The van der Waals surface area contributed by atoms with Crippen molar-refractivity contribution >= 4 is 23.2 Å². The van der Waals surface area contributed by atoms with Crippen molar-refractivity contribution in [3.63, 3.8) is 0 Å². The Morgan fingerprint density at radius 2 is 1.93 bits per heavy atom. The van der Waals surface area contributed by atoms with E-state index in [1.54, 1.807) is 12.1 Å². The van der Waals surface area contributed by atoms with Crippen molar-refractivity contribution in [1.82, 2.24) is 35.3 Å². The molecule has 3 aromatic heterocycles. The molecule has 29 heavy (non-hydrogen) atoms. The largest absolute Gasteiger partial charge is 0.361 e. The number of hydrogen-bond donors (Lipinski definition) is 1. The highest BCUT2D eigenvalue weighted by Crippen LogP contribution is 2.38. The standard InChI is InChI=1S/C19H23N9O/c1-26(2)15-6-5-14(21-22-15)19(29)20-9-12-10-27(11-12)17-8-7-16-23-24-18(13-3-4-13)28(16)25-17/h5-8,12-13H,3-4,9-11H2,1-2H3,(H,20,29). The van der Waals surface area contributed by atoms with E-state index in [4.69, 9.17) is 5.10 Å². The number of nitrogens with zero attached hydrogens (tertiary/aromatic N) is 8. The van der Waals surface area contributed by atoms with Crippen LogP contribution in [-0.2, 0) is 0 Å². The molecule has 0 aromatic carbocycles. The highest BCUT2D eigenvalue weighted by molar-refractivity contribution is 5.92. The first-order chi connectivity index (χ1) is 14.1. The van der Waals surface area contributed by atoms with Crippen LogP contribution < -0.4 is 15.1 Å². The Morgan fingerprint density at radius 3 is 2.62 bits per heavy atom. The molecule has 1 saturated carbocycles. The third kappa shape index (κ3) is 3.45. The van der Waals surface area contributed by atoms with Gasteiger partial charge in [-0.1, -0.05) is 0 Å². The Balaban J connectivity index is 1.16. The van der Waals surface area contributed by atoms with E-state index in [9.17, 15) is 4.79 Å². The van der Waals surface area contributed by atoms with Crippen LogP contribution in [0.1, 0.15) is 35.1 Å². The molecule has 1 amide bonds. The number of carbonyl (C=O) groups excluding carboxylic acids is 1. The van der Waals surface area contributed by atoms with E-state index in [1.807, 2.05) is 35.6 Å². The fourth-order valence-corrected chi connectivity index (χ4v) is 3.46. The normalized spacial score (nSPS) is 16.7. The van der Waals surface area contributed by atoms with Crippen LogP contribution in [0.2, 0.25) is 0 Å². The van der Waals surface area contributed by atoms with Crippen LogP contribution in [-0.4, -0.2) is 69.6 Å². The minimum Gasteiger partial charge on any atom is -0.361 e. The molecule has 10 nitrogen and oxygen atoms in total. The van der Waals surface area contributed by atoms with Crippen LogP contribution in [0.15, 0.2) is 24.3 Å². The summed E-state index contributed by atoms with van der Waals surface area (Å²) in [6.45, 7) is 2.31. The van der Waals surface area contributed by atoms with Gasteiger partial charge in [-0.05, 0) is 37.1 Å². The SMILES string of the molecule is CN(C)c1ccc(C(=O)NCC2CN(c3ccc4nnc(C5CC5)n4n3)C2)nn1. The second-order valence-electron chi connectivity index (χ2n) is 7.95. The minimum absolute atomic E-state index is 0.195. The van der Waals surface area contributed by atoms with Crippen molar-refractivity contribution < 1.29 is 4.79 Å². The molecule has 1 aliphatic heterocycles.